The highest BCUT2D eigenvalue weighted by Crippen LogP contribution is 2.24. The molecule has 0 bridgehead atoms. The van der Waals surface area contributed by atoms with Crippen molar-refractivity contribution in [1.29, 1.82) is 0 Å². The number of hydrogen-bond donors (Lipinski definition) is 1. The van der Waals surface area contributed by atoms with Crippen LogP contribution in [-0.2, 0) is 6.54 Å². The van der Waals surface area contributed by atoms with E-state index in [0.717, 1.165) is 5.56 Å². The first-order chi connectivity index (χ1) is 8.97. The molecule has 0 amide bonds. The van der Waals surface area contributed by atoms with Crippen molar-refractivity contribution < 1.29 is 13.2 Å². The Kier molecular flexibility index (Phi) is 4.14. The summed E-state index contributed by atoms with van der Waals surface area (Å²) in [4.78, 5) is 0. The molecule has 0 aliphatic rings. The predicted octanol–water partition coefficient (Wildman–Crippen LogP) is 4.79. The van der Waals surface area contributed by atoms with Gasteiger partial charge < -0.3 is 5.32 Å². The molecule has 0 saturated heterocycles. The summed E-state index contributed by atoms with van der Waals surface area (Å²) >= 11 is 3.01. The van der Waals surface area contributed by atoms with Crippen molar-refractivity contribution in [3.8, 4) is 0 Å². The van der Waals surface area contributed by atoms with Crippen LogP contribution in [0.25, 0.3) is 0 Å². The third-order valence-corrected chi connectivity index (χ3v) is 3.16. The van der Waals surface area contributed by atoms with Crippen LogP contribution < -0.4 is 5.32 Å². The average molecular weight is 330 g/mol. The van der Waals surface area contributed by atoms with Crippen molar-refractivity contribution in [3.63, 3.8) is 0 Å². The summed E-state index contributed by atoms with van der Waals surface area (Å²) in [6, 6.07) is 6.91. The van der Waals surface area contributed by atoms with Crippen molar-refractivity contribution in [2.75, 3.05) is 5.32 Å². The van der Waals surface area contributed by atoms with Crippen LogP contribution in [0.3, 0.4) is 0 Å². The SMILES string of the molecule is Cc1cc(CNc2c(F)cc(Br)cc2F)ccc1F. The maximum Gasteiger partial charge on any atom is 0.150 e. The molecule has 0 aliphatic heterocycles. The van der Waals surface area contributed by atoms with Crippen molar-refractivity contribution in [3.05, 3.63) is 63.4 Å². The van der Waals surface area contributed by atoms with Crippen LogP contribution in [0.5, 0.6) is 0 Å². The number of anilines is 1. The average Bonchev–Trinajstić information content (AvgIpc) is 2.32. The summed E-state index contributed by atoms with van der Waals surface area (Å²) in [7, 11) is 0. The van der Waals surface area contributed by atoms with Crippen LogP contribution >= 0.6 is 15.9 Å². The van der Waals surface area contributed by atoms with Crippen molar-refractivity contribution in [1.82, 2.24) is 0 Å². The monoisotopic (exact) mass is 329 g/mol. The zero-order valence-electron chi connectivity index (χ0n) is 10.1. The Balaban J connectivity index is 2.16. The molecule has 0 spiro atoms. The Morgan fingerprint density at radius 3 is 2.21 bits per heavy atom. The topological polar surface area (TPSA) is 12.0 Å². The van der Waals surface area contributed by atoms with Gasteiger partial charge in [-0.15, -0.1) is 0 Å². The van der Waals surface area contributed by atoms with Gasteiger partial charge in [0.05, 0.1) is 0 Å². The van der Waals surface area contributed by atoms with Crippen LogP contribution in [0.1, 0.15) is 11.1 Å². The quantitative estimate of drug-likeness (QED) is 0.853. The second-order valence-corrected chi connectivity index (χ2v) is 5.10. The molecule has 0 heterocycles. The Hall–Kier alpha value is -1.49. The molecule has 2 aromatic rings. The van der Waals surface area contributed by atoms with Gasteiger partial charge in [-0.05, 0) is 36.2 Å². The summed E-state index contributed by atoms with van der Waals surface area (Å²) in [5.41, 5.74) is 1.06. The lowest BCUT2D eigenvalue weighted by atomic mass is 10.1. The van der Waals surface area contributed by atoms with E-state index in [1.54, 1.807) is 19.1 Å². The fourth-order valence-electron chi connectivity index (χ4n) is 1.72. The molecular formula is C14H11BrF3N. The third-order valence-electron chi connectivity index (χ3n) is 2.70. The van der Waals surface area contributed by atoms with Gasteiger partial charge in [-0.1, -0.05) is 28.1 Å². The lowest BCUT2D eigenvalue weighted by molar-refractivity contribution is 0.586. The van der Waals surface area contributed by atoms with E-state index in [9.17, 15) is 13.2 Å². The predicted molar refractivity (Wildman–Crippen MR) is 72.5 cm³/mol. The zero-order valence-corrected chi connectivity index (χ0v) is 11.7. The van der Waals surface area contributed by atoms with Gasteiger partial charge in [0.2, 0.25) is 0 Å². The van der Waals surface area contributed by atoms with E-state index in [1.807, 2.05) is 0 Å². The summed E-state index contributed by atoms with van der Waals surface area (Å²) in [6.45, 7) is 1.86. The van der Waals surface area contributed by atoms with Gasteiger partial charge in [0, 0.05) is 11.0 Å². The van der Waals surface area contributed by atoms with Gasteiger partial charge in [0.25, 0.3) is 0 Å². The largest absolute Gasteiger partial charge is 0.376 e. The highest BCUT2D eigenvalue weighted by atomic mass is 79.9. The molecule has 100 valence electrons. The van der Waals surface area contributed by atoms with E-state index in [1.165, 1.54) is 18.2 Å². The van der Waals surface area contributed by atoms with Gasteiger partial charge in [0.1, 0.15) is 23.1 Å². The van der Waals surface area contributed by atoms with E-state index >= 15 is 0 Å². The standard InChI is InChI=1S/C14H11BrF3N/c1-8-4-9(2-3-11(8)16)7-19-14-12(17)5-10(15)6-13(14)18/h2-6,19H,7H2,1H3. The molecule has 2 rings (SSSR count). The molecule has 0 aromatic heterocycles. The summed E-state index contributed by atoms with van der Waals surface area (Å²) in [6.07, 6.45) is 0. The first-order valence-electron chi connectivity index (χ1n) is 5.61. The fraction of sp³-hybridized carbons (Fsp3) is 0.143. The molecule has 0 radical (unpaired) electrons. The minimum Gasteiger partial charge on any atom is -0.376 e. The van der Waals surface area contributed by atoms with Gasteiger partial charge in [0.15, 0.2) is 0 Å². The van der Waals surface area contributed by atoms with Gasteiger partial charge in [-0.3, -0.25) is 0 Å². The molecule has 0 aliphatic carbocycles. The third kappa shape index (κ3) is 3.29. The first-order valence-corrected chi connectivity index (χ1v) is 6.40. The van der Waals surface area contributed by atoms with Crippen LogP contribution in [-0.4, -0.2) is 0 Å². The van der Waals surface area contributed by atoms with Gasteiger partial charge >= 0.3 is 0 Å². The Morgan fingerprint density at radius 1 is 1.00 bits per heavy atom. The van der Waals surface area contributed by atoms with E-state index in [-0.39, 0.29) is 18.0 Å². The van der Waals surface area contributed by atoms with Crippen molar-refractivity contribution in [2.45, 2.75) is 13.5 Å². The van der Waals surface area contributed by atoms with E-state index in [2.05, 4.69) is 21.2 Å². The minimum atomic E-state index is -0.675. The second kappa shape index (κ2) is 5.65. The molecular weight excluding hydrogens is 319 g/mol. The maximum absolute atomic E-state index is 13.6. The number of benzene rings is 2. The first kappa shape index (κ1) is 13.9. The zero-order chi connectivity index (χ0) is 14.0. The molecule has 0 fully saturated rings. The maximum atomic E-state index is 13.6. The number of halogens is 4. The number of rotatable bonds is 3. The van der Waals surface area contributed by atoms with Crippen molar-refractivity contribution >= 4 is 21.6 Å². The fourth-order valence-corrected chi connectivity index (χ4v) is 2.12. The lowest BCUT2D eigenvalue weighted by Crippen LogP contribution is -2.04. The highest BCUT2D eigenvalue weighted by Gasteiger charge is 2.10. The van der Waals surface area contributed by atoms with Crippen LogP contribution in [0, 0.1) is 24.4 Å². The lowest BCUT2D eigenvalue weighted by Gasteiger charge is -2.10. The molecule has 0 atom stereocenters. The molecule has 1 N–H and O–H groups in total. The normalized spacial score (nSPS) is 10.6. The van der Waals surface area contributed by atoms with E-state index in [0.29, 0.717) is 10.0 Å². The van der Waals surface area contributed by atoms with E-state index < -0.39 is 11.6 Å². The Labute approximate surface area is 117 Å². The summed E-state index contributed by atoms with van der Waals surface area (Å²) in [5, 5.41) is 2.68. The number of hydrogen-bond acceptors (Lipinski definition) is 1. The van der Waals surface area contributed by atoms with Crippen LogP contribution in [0.2, 0.25) is 0 Å². The minimum absolute atomic E-state index is 0.190. The molecule has 1 nitrogen and oxygen atoms in total. The van der Waals surface area contributed by atoms with Gasteiger partial charge in [-0.25, -0.2) is 13.2 Å². The number of nitrogens with one attached hydrogen (secondary N) is 1. The summed E-state index contributed by atoms with van der Waals surface area (Å²) < 4.78 is 40.6. The Morgan fingerprint density at radius 2 is 1.63 bits per heavy atom. The molecule has 0 saturated carbocycles. The van der Waals surface area contributed by atoms with Crippen LogP contribution in [0.4, 0.5) is 18.9 Å². The van der Waals surface area contributed by atoms with Crippen LogP contribution in [0.15, 0.2) is 34.8 Å². The number of aryl methyl sites for hydroxylation is 1. The second-order valence-electron chi connectivity index (χ2n) is 4.18. The smallest absolute Gasteiger partial charge is 0.150 e. The molecule has 5 heteroatoms. The van der Waals surface area contributed by atoms with E-state index in [4.69, 9.17) is 0 Å². The Bertz CT molecular complexity index is 591. The molecule has 19 heavy (non-hydrogen) atoms. The molecule has 2 aromatic carbocycles. The molecule has 0 unspecified atom stereocenters. The highest BCUT2D eigenvalue weighted by molar-refractivity contribution is 9.10. The summed E-state index contributed by atoms with van der Waals surface area (Å²) in [5.74, 6) is -1.65. The van der Waals surface area contributed by atoms with Gasteiger partial charge in [-0.2, -0.15) is 0 Å². The van der Waals surface area contributed by atoms with Crippen molar-refractivity contribution in [2.24, 2.45) is 0 Å².